The zero-order valence-electron chi connectivity index (χ0n) is 12.4. The molecular weight excluding hydrogens is 309 g/mol. The summed E-state index contributed by atoms with van der Waals surface area (Å²) < 4.78 is 22.6. The van der Waals surface area contributed by atoms with Crippen molar-refractivity contribution < 1.29 is 23.2 Å². The lowest BCUT2D eigenvalue weighted by atomic mass is 10.3. The second-order valence-electron chi connectivity index (χ2n) is 4.14. The van der Waals surface area contributed by atoms with Gasteiger partial charge < -0.3 is 25.4 Å². The van der Waals surface area contributed by atoms with E-state index in [1.54, 1.807) is 44.2 Å². The molecule has 1 aromatic carbocycles. The molecule has 1 atom stereocenters. The molecule has 0 saturated heterocycles. The van der Waals surface area contributed by atoms with Crippen molar-refractivity contribution in [3.63, 3.8) is 0 Å². The number of anilines is 1. The third-order valence-electron chi connectivity index (χ3n) is 2.50. The molecule has 122 valence electrons. The van der Waals surface area contributed by atoms with Crippen LogP contribution in [0.4, 0.5) is 10.5 Å². The molecule has 0 unspecified atom stereocenters. The van der Waals surface area contributed by atoms with Gasteiger partial charge in [-0.15, -0.1) is 0 Å². The van der Waals surface area contributed by atoms with Crippen LogP contribution in [0.5, 0.6) is 0 Å². The highest BCUT2D eigenvalue weighted by molar-refractivity contribution is 7.55. The van der Waals surface area contributed by atoms with E-state index < -0.39 is 25.3 Å². The first-order valence-electron chi connectivity index (χ1n) is 6.73. The molecule has 0 bridgehead atoms. The molecule has 8 nitrogen and oxygen atoms in total. The minimum absolute atomic E-state index is 0.0447. The molecule has 0 aliphatic heterocycles. The Morgan fingerprint density at radius 1 is 1.18 bits per heavy atom. The molecule has 22 heavy (non-hydrogen) atoms. The lowest BCUT2D eigenvalue weighted by Gasteiger charge is -2.24. The van der Waals surface area contributed by atoms with Gasteiger partial charge >= 0.3 is 13.6 Å². The number of hydrogen-bond acceptors (Lipinski definition) is 5. The first-order valence-corrected chi connectivity index (χ1v) is 8.34. The number of carbonyl (C=O) groups is 2. The molecule has 4 N–H and O–H groups in total. The van der Waals surface area contributed by atoms with Crippen LogP contribution in [0.25, 0.3) is 0 Å². The minimum atomic E-state index is -3.89. The summed E-state index contributed by atoms with van der Waals surface area (Å²) in [5, 5.41) is 4.73. The van der Waals surface area contributed by atoms with Crippen molar-refractivity contribution in [2.75, 3.05) is 18.5 Å². The van der Waals surface area contributed by atoms with Crippen molar-refractivity contribution in [3.05, 3.63) is 30.3 Å². The number of para-hydroxylation sites is 1. The van der Waals surface area contributed by atoms with E-state index in [2.05, 4.69) is 10.6 Å². The second-order valence-corrected chi connectivity index (χ2v) is 6.26. The number of nitrogens with two attached hydrogens (primary N) is 1. The number of carbonyl (C=O) groups excluding carboxylic acids is 2. The molecule has 0 radical (unpaired) electrons. The van der Waals surface area contributed by atoms with Crippen LogP contribution in [0.15, 0.2) is 30.3 Å². The third-order valence-corrected chi connectivity index (χ3v) is 4.76. The van der Waals surface area contributed by atoms with Crippen LogP contribution >= 0.6 is 7.60 Å². The average Bonchev–Trinajstić information content (AvgIpc) is 2.46. The molecule has 3 amide bonds. The van der Waals surface area contributed by atoms with E-state index in [4.69, 9.17) is 14.8 Å². The summed E-state index contributed by atoms with van der Waals surface area (Å²) in [4.78, 5) is 23.5. The Morgan fingerprint density at radius 3 is 2.18 bits per heavy atom. The maximum atomic E-state index is 12.6. The molecular formula is C13H20N3O5P. The number of amides is 3. The van der Waals surface area contributed by atoms with Gasteiger partial charge in [0, 0.05) is 5.69 Å². The van der Waals surface area contributed by atoms with Gasteiger partial charge in [0.15, 0.2) is 0 Å². The van der Waals surface area contributed by atoms with Crippen LogP contribution in [0.2, 0.25) is 0 Å². The fraction of sp³-hybridized carbons (Fsp3) is 0.385. The third kappa shape index (κ3) is 5.14. The standard InChI is InChI=1S/C13H20N3O5P/c1-3-20-22(19,21-4-2)12(11(14)17)16-13(18)15-10-8-6-5-7-9-10/h5-9,12H,3-4H2,1-2H3,(H2,14,17)(H2,15,16,18)/t12-/m0/s1. The van der Waals surface area contributed by atoms with Crippen LogP contribution in [-0.4, -0.2) is 30.9 Å². The van der Waals surface area contributed by atoms with Gasteiger partial charge in [-0.2, -0.15) is 0 Å². The van der Waals surface area contributed by atoms with Crippen molar-refractivity contribution in [3.8, 4) is 0 Å². The number of primary amides is 1. The molecule has 0 aliphatic rings. The number of rotatable bonds is 8. The van der Waals surface area contributed by atoms with Crippen molar-refractivity contribution in [2.24, 2.45) is 5.73 Å². The highest BCUT2D eigenvalue weighted by Gasteiger charge is 2.41. The van der Waals surface area contributed by atoms with Crippen LogP contribution in [0.3, 0.4) is 0 Å². The highest BCUT2D eigenvalue weighted by atomic mass is 31.2. The van der Waals surface area contributed by atoms with E-state index in [1.807, 2.05) is 0 Å². The summed E-state index contributed by atoms with van der Waals surface area (Å²) in [5.74, 6) is -2.58. The first kappa shape index (κ1) is 18.2. The van der Waals surface area contributed by atoms with Gasteiger partial charge in [-0.1, -0.05) is 18.2 Å². The van der Waals surface area contributed by atoms with E-state index in [0.29, 0.717) is 5.69 Å². The molecule has 0 saturated carbocycles. The lowest BCUT2D eigenvalue weighted by Crippen LogP contribution is -2.46. The monoisotopic (exact) mass is 329 g/mol. The fourth-order valence-electron chi connectivity index (χ4n) is 1.67. The van der Waals surface area contributed by atoms with Gasteiger partial charge in [-0.25, -0.2) is 4.79 Å². The van der Waals surface area contributed by atoms with Gasteiger partial charge in [0.2, 0.25) is 5.78 Å². The number of urea groups is 1. The Kier molecular flexibility index (Phi) is 7.04. The van der Waals surface area contributed by atoms with Crippen molar-refractivity contribution >= 4 is 25.2 Å². The summed E-state index contributed by atoms with van der Waals surface area (Å²) in [6.45, 7) is 3.27. The Bertz CT molecular complexity index is 542. The van der Waals surface area contributed by atoms with E-state index >= 15 is 0 Å². The zero-order chi connectivity index (χ0) is 16.6. The van der Waals surface area contributed by atoms with Gasteiger partial charge in [0.1, 0.15) is 0 Å². The SMILES string of the molecule is CCOP(=O)(OCC)[C@H](NC(=O)Nc1ccccc1)C(N)=O. The number of benzene rings is 1. The van der Waals surface area contributed by atoms with Crippen molar-refractivity contribution in [2.45, 2.75) is 19.6 Å². The summed E-state index contributed by atoms with van der Waals surface area (Å²) in [6.07, 6.45) is 0. The summed E-state index contributed by atoms with van der Waals surface area (Å²) >= 11 is 0. The van der Waals surface area contributed by atoms with Gasteiger partial charge in [-0.05, 0) is 26.0 Å². The number of nitrogens with one attached hydrogen (secondary N) is 2. The summed E-state index contributed by atoms with van der Waals surface area (Å²) in [7, 11) is -3.89. The lowest BCUT2D eigenvalue weighted by molar-refractivity contribution is -0.118. The topological polar surface area (TPSA) is 120 Å². The van der Waals surface area contributed by atoms with Gasteiger partial charge in [0.05, 0.1) is 13.2 Å². The molecule has 9 heteroatoms. The minimum Gasteiger partial charge on any atom is -0.367 e. The molecule has 0 spiro atoms. The average molecular weight is 329 g/mol. The van der Waals surface area contributed by atoms with Gasteiger partial charge in [0.25, 0.3) is 5.91 Å². The highest BCUT2D eigenvalue weighted by Crippen LogP contribution is 2.51. The first-order chi connectivity index (χ1) is 10.4. The molecule has 0 aromatic heterocycles. The van der Waals surface area contributed by atoms with E-state index in [-0.39, 0.29) is 13.2 Å². The predicted molar refractivity (Wildman–Crippen MR) is 82.4 cm³/mol. The maximum Gasteiger partial charge on any atom is 0.362 e. The Hall–Kier alpha value is -1.89. The van der Waals surface area contributed by atoms with Crippen molar-refractivity contribution in [1.82, 2.24) is 5.32 Å². The smallest absolute Gasteiger partial charge is 0.362 e. The largest absolute Gasteiger partial charge is 0.367 e. The normalized spacial score (nSPS) is 12.5. The maximum absolute atomic E-state index is 12.6. The predicted octanol–water partition coefficient (Wildman–Crippen LogP) is 1.89. The molecule has 0 aliphatic carbocycles. The van der Waals surface area contributed by atoms with Crippen LogP contribution in [-0.2, 0) is 18.4 Å². The Morgan fingerprint density at radius 2 is 1.73 bits per heavy atom. The molecule has 1 rings (SSSR count). The second kappa shape index (κ2) is 8.53. The number of hydrogen-bond donors (Lipinski definition) is 3. The van der Waals surface area contributed by atoms with Crippen LogP contribution in [0, 0.1) is 0 Å². The summed E-state index contributed by atoms with van der Waals surface area (Å²) in [6, 6.07) is 7.81. The zero-order valence-corrected chi connectivity index (χ0v) is 13.3. The van der Waals surface area contributed by atoms with Gasteiger partial charge in [-0.3, -0.25) is 9.36 Å². The Balaban J connectivity index is 2.84. The van der Waals surface area contributed by atoms with Crippen LogP contribution < -0.4 is 16.4 Å². The Labute approximate surface area is 128 Å². The van der Waals surface area contributed by atoms with E-state index in [1.165, 1.54) is 0 Å². The molecule has 1 aromatic rings. The van der Waals surface area contributed by atoms with Crippen LogP contribution in [0.1, 0.15) is 13.8 Å². The van der Waals surface area contributed by atoms with Crippen molar-refractivity contribution in [1.29, 1.82) is 0 Å². The fourth-order valence-corrected chi connectivity index (χ4v) is 3.34. The van der Waals surface area contributed by atoms with E-state index in [9.17, 15) is 14.2 Å². The summed E-state index contributed by atoms with van der Waals surface area (Å²) in [5.41, 5.74) is 5.72. The quantitative estimate of drug-likeness (QED) is 0.629. The molecule has 0 heterocycles. The van der Waals surface area contributed by atoms with E-state index in [0.717, 1.165) is 0 Å². The molecule has 0 fully saturated rings.